The number of hydrogen-bond donors (Lipinski definition) is 1. The predicted octanol–water partition coefficient (Wildman–Crippen LogP) is 2.14. The first-order valence-corrected chi connectivity index (χ1v) is 6.66. The molecule has 0 unspecified atom stereocenters. The molecule has 2 aliphatic rings. The number of rotatable bonds is 3. The highest BCUT2D eigenvalue weighted by molar-refractivity contribution is 6.30. The summed E-state index contributed by atoms with van der Waals surface area (Å²) in [5.41, 5.74) is 0.831. The zero-order valence-corrected chi connectivity index (χ0v) is 11.1. The fraction of sp³-hybridized carbons (Fsp3) is 0.385. The van der Waals surface area contributed by atoms with Gasteiger partial charge in [-0.1, -0.05) is 11.6 Å². The number of imide groups is 1. The molecule has 1 atom stereocenters. The van der Waals surface area contributed by atoms with Crippen molar-refractivity contribution >= 4 is 29.2 Å². The van der Waals surface area contributed by atoms with Crippen LogP contribution in [0.2, 0.25) is 5.02 Å². The number of carbonyl (C=O) groups is 2. The van der Waals surface area contributed by atoms with Crippen LogP contribution in [0.4, 0.5) is 10.5 Å². The first-order valence-electron chi connectivity index (χ1n) is 6.28. The van der Waals surface area contributed by atoms with Crippen molar-refractivity contribution in [1.82, 2.24) is 9.80 Å². The maximum atomic E-state index is 12.1. The van der Waals surface area contributed by atoms with Gasteiger partial charge in [-0.3, -0.25) is 4.79 Å². The lowest BCUT2D eigenvalue weighted by molar-refractivity contribution is -0.127. The number of nitrogens with one attached hydrogen (secondary N) is 1. The van der Waals surface area contributed by atoms with Crippen LogP contribution >= 0.6 is 11.6 Å². The molecule has 0 bridgehead atoms. The van der Waals surface area contributed by atoms with Crippen LogP contribution < -0.4 is 5.32 Å². The lowest BCUT2D eigenvalue weighted by atomic mass is 10.2. The Bertz CT molecular complexity index is 495. The van der Waals surface area contributed by atoms with Crippen LogP contribution in [0.1, 0.15) is 12.8 Å². The highest BCUT2D eigenvalue weighted by Crippen LogP contribution is 2.27. The molecular formula is C13H14ClN3O2. The predicted molar refractivity (Wildman–Crippen MR) is 71.9 cm³/mol. The summed E-state index contributed by atoms with van der Waals surface area (Å²) in [6, 6.07) is 6.72. The number of carbonyl (C=O) groups excluding carboxylic acids is 2. The van der Waals surface area contributed by atoms with Gasteiger partial charge in [-0.15, -0.1) is 0 Å². The number of nitrogens with zero attached hydrogens (tertiary/aromatic N) is 2. The fourth-order valence-corrected chi connectivity index (χ4v) is 2.69. The minimum Gasteiger partial charge on any atom is -0.367 e. The van der Waals surface area contributed by atoms with Crippen molar-refractivity contribution in [1.29, 1.82) is 0 Å². The van der Waals surface area contributed by atoms with Crippen molar-refractivity contribution in [3.8, 4) is 0 Å². The van der Waals surface area contributed by atoms with Crippen molar-refractivity contribution in [2.45, 2.75) is 18.9 Å². The third kappa shape index (κ3) is 2.14. The van der Waals surface area contributed by atoms with Gasteiger partial charge in [-0.05, 0) is 37.1 Å². The van der Waals surface area contributed by atoms with Crippen LogP contribution in [0.3, 0.4) is 0 Å². The third-order valence-corrected chi connectivity index (χ3v) is 3.82. The van der Waals surface area contributed by atoms with E-state index in [-0.39, 0.29) is 24.6 Å². The first kappa shape index (κ1) is 12.3. The molecule has 3 rings (SSSR count). The minimum absolute atomic E-state index is 0.0936. The Morgan fingerprint density at radius 3 is 2.68 bits per heavy atom. The molecule has 5 nitrogen and oxygen atoms in total. The summed E-state index contributed by atoms with van der Waals surface area (Å²) in [4.78, 5) is 27.1. The Balaban J connectivity index is 1.66. The van der Waals surface area contributed by atoms with E-state index >= 15 is 0 Å². The lowest BCUT2D eigenvalue weighted by Crippen LogP contribution is -2.37. The molecule has 2 saturated heterocycles. The molecule has 3 amide bonds. The largest absolute Gasteiger partial charge is 0.367 e. The van der Waals surface area contributed by atoms with Crippen molar-refractivity contribution in [2.24, 2.45) is 0 Å². The molecule has 6 heteroatoms. The second-order valence-corrected chi connectivity index (χ2v) is 5.18. The molecule has 0 spiro atoms. The van der Waals surface area contributed by atoms with Crippen LogP contribution in [0, 0.1) is 0 Å². The molecule has 2 heterocycles. The SMILES string of the molecule is O=C1[C@H]2CCCN2C(=O)N1CNc1ccc(Cl)cc1. The number of anilines is 1. The summed E-state index contributed by atoms with van der Waals surface area (Å²) in [6.45, 7) is 0.888. The maximum Gasteiger partial charge on any atom is 0.328 e. The minimum atomic E-state index is -0.237. The molecule has 100 valence electrons. The summed E-state index contributed by atoms with van der Waals surface area (Å²) in [7, 11) is 0. The highest BCUT2D eigenvalue weighted by atomic mass is 35.5. The van der Waals surface area contributed by atoms with Crippen LogP contribution in [-0.4, -0.2) is 41.0 Å². The number of fused-ring (bicyclic) bond motifs is 1. The second kappa shape index (κ2) is 4.74. The summed E-state index contributed by atoms with van der Waals surface area (Å²) in [5.74, 6) is -0.0936. The Morgan fingerprint density at radius 2 is 2.00 bits per heavy atom. The number of amides is 3. The van der Waals surface area contributed by atoms with Crippen molar-refractivity contribution < 1.29 is 9.59 Å². The Hall–Kier alpha value is -1.75. The maximum absolute atomic E-state index is 12.1. The zero-order valence-electron chi connectivity index (χ0n) is 10.3. The molecule has 2 aliphatic heterocycles. The molecule has 1 aromatic carbocycles. The lowest BCUT2D eigenvalue weighted by Gasteiger charge is -2.16. The molecule has 1 aromatic rings. The average molecular weight is 280 g/mol. The molecule has 0 aromatic heterocycles. The van der Waals surface area contributed by atoms with Gasteiger partial charge in [0.1, 0.15) is 6.04 Å². The fourth-order valence-electron chi connectivity index (χ4n) is 2.57. The van der Waals surface area contributed by atoms with E-state index in [9.17, 15) is 9.59 Å². The van der Waals surface area contributed by atoms with Crippen LogP contribution in [0.5, 0.6) is 0 Å². The van der Waals surface area contributed by atoms with E-state index in [1.165, 1.54) is 4.90 Å². The molecule has 0 radical (unpaired) electrons. The molecular weight excluding hydrogens is 266 g/mol. The standard InChI is InChI=1S/C13H14ClN3O2/c14-9-3-5-10(6-4-9)15-8-17-12(18)11-2-1-7-16(11)13(17)19/h3-6,11,15H,1-2,7-8H2/t11-/m1/s1. The Morgan fingerprint density at radius 1 is 1.26 bits per heavy atom. The van der Waals surface area contributed by atoms with E-state index < -0.39 is 0 Å². The van der Waals surface area contributed by atoms with Gasteiger partial charge in [-0.25, -0.2) is 9.69 Å². The summed E-state index contributed by atoms with van der Waals surface area (Å²) < 4.78 is 0. The Labute approximate surface area is 116 Å². The molecule has 19 heavy (non-hydrogen) atoms. The van der Waals surface area contributed by atoms with E-state index in [1.807, 2.05) is 12.1 Å². The zero-order chi connectivity index (χ0) is 13.4. The second-order valence-electron chi connectivity index (χ2n) is 4.74. The van der Waals surface area contributed by atoms with Gasteiger partial charge in [0.25, 0.3) is 5.91 Å². The van der Waals surface area contributed by atoms with E-state index in [0.29, 0.717) is 11.6 Å². The van der Waals surface area contributed by atoms with Crippen molar-refractivity contribution in [3.63, 3.8) is 0 Å². The smallest absolute Gasteiger partial charge is 0.328 e. The normalized spacial score (nSPS) is 22.1. The summed E-state index contributed by atoms with van der Waals surface area (Å²) >= 11 is 5.80. The van der Waals surface area contributed by atoms with Crippen LogP contribution in [0.25, 0.3) is 0 Å². The molecule has 0 aliphatic carbocycles. The van der Waals surface area contributed by atoms with E-state index in [0.717, 1.165) is 18.5 Å². The summed E-state index contributed by atoms with van der Waals surface area (Å²) in [6.07, 6.45) is 1.70. The third-order valence-electron chi connectivity index (χ3n) is 3.57. The number of benzene rings is 1. The Kier molecular flexibility index (Phi) is 3.06. The van der Waals surface area contributed by atoms with E-state index in [2.05, 4.69) is 5.32 Å². The molecule has 1 N–H and O–H groups in total. The van der Waals surface area contributed by atoms with Gasteiger partial charge < -0.3 is 10.2 Å². The molecule has 0 saturated carbocycles. The van der Waals surface area contributed by atoms with Crippen LogP contribution in [-0.2, 0) is 4.79 Å². The highest BCUT2D eigenvalue weighted by Gasteiger charge is 2.47. The topological polar surface area (TPSA) is 52.7 Å². The van der Waals surface area contributed by atoms with Crippen molar-refractivity contribution in [2.75, 3.05) is 18.5 Å². The number of halogens is 1. The van der Waals surface area contributed by atoms with Gasteiger partial charge in [0.15, 0.2) is 0 Å². The van der Waals surface area contributed by atoms with Gasteiger partial charge in [-0.2, -0.15) is 0 Å². The van der Waals surface area contributed by atoms with Gasteiger partial charge in [0.2, 0.25) is 0 Å². The van der Waals surface area contributed by atoms with Gasteiger partial charge in [0, 0.05) is 17.3 Å². The quantitative estimate of drug-likeness (QED) is 0.863. The first-order chi connectivity index (χ1) is 9.16. The number of urea groups is 1. The monoisotopic (exact) mass is 279 g/mol. The van der Waals surface area contributed by atoms with Crippen molar-refractivity contribution in [3.05, 3.63) is 29.3 Å². The van der Waals surface area contributed by atoms with E-state index in [4.69, 9.17) is 11.6 Å². The van der Waals surface area contributed by atoms with Gasteiger partial charge >= 0.3 is 6.03 Å². The summed E-state index contributed by atoms with van der Waals surface area (Å²) in [5, 5.41) is 3.72. The number of hydrogen-bond acceptors (Lipinski definition) is 3. The molecule has 2 fully saturated rings. The average Bonchev–Trinajstić information content (AvgIpc) is 2.96. The van der Waals surface area contributed by atoms with E-state index in [1.54, 1.807) is 17.0 Å². The van der Waals surface area contributed by atoms with Crippen LogP contribution in [0.15, 0.2) is 24.3 Å². The van der Waals surface area contributed by atoms with Gasteiger partial charge in [0.05, 0.1) is 6.67 Å².